The molecule has 19 heavy (non-hydrogen) atoms. The minimum absolute atomic E-state index is 0.0120. The average molecular weight is 296 g/mol. The van der Waals surface area contributed by atoms with Gasteiger partial charge in [-0.25, -0.2) is 0 Å². The van der Waals surface area contributed by atoms with Crippen LogP contribution >= 0.6 is 0 Å². The topological polar surface area (TPSA) is 95.9 Å². The molecule has 0 aliphatic carbocycles. The molecule has 0 aliphatic heterocycles. The predicted molar refractivity (Wildman–Crippen MR) is 71.6 cm³/mol. The summed E-state index contributed by atoms with van der Waals surface area (Å²) in [4.78, 5) is 11.0. The summed E-state index contributed by atoms with van der Waals surface area (Å²) >= 11 is 0. The first-order valence-corrected chi connectivity index (χ1v) is 7.58. The zero-order valence-corrected chi connectivity index (χ0v) is 12.7. The van der Waals surface area contributed by atoms with Gasteiger partial charge in [-0.2, -0.15) is 17.4 Å². The molecule has 1 atom stereocenters. The molecule has 0 heterocycles. The van der Waals surface area contributed by atoms with E-state index < -0.39 is 22.2 Å². The summed E-state index contributed by atoms with van der Waals surface area (Å²) in [5.41, 5.74) is 0. The Bertz CT molecular complexity index is 369. The van der Waals surface area contributed by atoms with Crippen LogP contribution in [0.3, 0.4) is 0 Å². The Morgan fingerprint density at radius 3 is 2.42 bits per heavy atom. The van der Waals surface area contributed by atoms with Gasteiger partial charge in [0.15, 0.2) is 0 Å². The number of aliphatic hydroxyl groups is 1. The summed E-state index contributed by atoms with van der Waals surface area (Å²) in [6.45, 7) is 3.65. The van der Waals surface area contributed by atoms with Crippen molar-refractivity contribution in [1.82, 2.24) is 9.03 Å². The zero-order chi connectivity index (χ0) is 15.1. The van der Waals surface area contributed by atoms with Gasteiger partial charge in [-0.15, -0.1) is 0 Å². The number of methoxy groups -OCH3 is 1. The standard InChI is InChI=1S/C11H24N2O5S/c1-9(2)7-10(8-14)12-19(16,17)13(3)6-5-11(15)18-4/h9-10,12,14H,5-8H2,1-4H3. The Morgan fingerprint density at radius 2 is 2.00 bits per heavy atom. The third-order valence-corrected chi connectivity index (χ3v) is 4.20. The summed E-state index contributed by atoms with van der Waals surface area (Å²) in [5, 5.41) is 9.16. The van der Waals surface area contributed by atoms with Crippen LogP contribution in [0, 0.1) is 5.92 Å². The van der Waals surface area contributed by atoms with Gasteiger partial charge in [-0.05, 0) is 12.3 Å². The number of nitrogens with one attached hydrogen (secondary N) is 1. The van der Waals surface area contributed by atoms with Gasteiger partial charge in [0.05, 0.1) is 20.1 Å². The third kappa shape index (κ3) is 7.46. The number of esters is 1. The van der Waals surface area contributed by atoms with Crippen LogP contribution in [0.4, 0.5) is 0 Å². The fraction of sp³-hybridized carbons (Fsp3) is 0.909. The molecule has 8 heteroatoms. The van der Waals surface area contributed by atoms with Gasteiger partial charge in [-0.1, -0.05) is 13.8 Å². The van der Waals surface area contributed by atoms with Crippen LogP contribution in [0.25, 0.3) is 0 Å². The molecule has 2 N–H and O–H groups in total. The summed E-state index contributed by atoms with van der Waals surface area (Å²) in [6.07, 6.45) is 0.530. The fourth-order valence-corrected chi connectivity index (χ4v) is 2.60. The van der Waals surface area contributed by atoms with Crippen LogP contribution in [0.5, 0.6) is 0 Å². The van der Waals surface area contributed by atoms with Crippen LogP contribution in [0.2, 0.25) is 0 Å². The van der Waals surface area contributed by atoms with E-state index in [2.05, 4.69) is 9.46 Å². The SMILES string of the molecule is COC(=O)CCN(C)S(=O)(=O)NC(CO)CC(C)C. The van der Waals surface area contributed by atoms with E-state index in [1.807, 2.05) is 13.8 Å². The monoisotopic (exact) mass is 296 g/mol. The zero-order valence-electron chi connectivity index (χ0n) is 11.9. The number of nitrogens with zero attached hydrogens (tertiary/aromatic N) is 1. The average Bonchev–Trinajstić information content (AvgIpc) is 2.33. The van der Waals surface area contributed by atoms with E-state index in [4.69, 9.17) is 5.11 Å². The molecule has 7 nitrogen and oxygen atoms in total. The molecule has 0 saturated heterocycles. The largest absolute Gasteiger partial charge is 0.469 e. The van der Waals surface area contributed by atoms with E-state index in [1.165, 1.54) is 14.2 Å². The second kappa shape index (κ2) is 8.47. The van der Waals surface area contributed by atoms with Crippen molar-refractivity contribution in [2.75, 3.05) is 27.3 Å². The molecule has 114 valence electrons. The van der Waals surface area contributed by atoms with Gasteiger partial charge in [0, 0.05) is 19.6 Å². The molecule has 0 radical (unpaired) electrons. The van der Waals surface area contributed by atoms with Gasteiger partial charge < -0.3 is 9.84 Å². The van der Waals surface area contributed by atoms with Crippen LogP contribution < -0.4 is 4.72 Å². The van der Waals surface area contributed by atoms with Crippen molar-refractivity contribution in [3.8, 4) is 0 Å². The van der Waals surface area contributed by atoms with Gasteiger partial charge in [0.1, 0.15) is 0 Å². The molecular formula is C11H24N2O5S. The highest BCUT2D eigenvalue weighted by molar-refractivity contribution is 7.87. The lowest BCUT2D eigenvalue weighted by atomic mass is 10.1. The number of ether oxygens (including phenoxy) is 1. The van der Waals surface area contributed by atoms with Crippen LogP contribution in [-0.2, 0) is 19.7 Å². The molecule has 1 unspecified atom stereocenters. The maximum Gasteiger partial charge on any atom is 0.306 e. The molecule has 0 saturated carbocycles. The highest BCUT2D eigenvalue weighted by Crippen LogP contribution is 2.07. The van der Waals surface area contributed by atoms with Crippen LogP contribution in [0.1, 0.15) is 26.7 Å². The summed E-state index contributed by atoms with van der Waals surface area (Å²) in [7, 11) is -1.09. The number of hydrogen-bond acceptors (Lipinski definition) is 5. The lowest BCUT2D eigenvalue weighted by Gasteiger charge is -2.22. The highest BCUT2D eigenvalue weighted by Gasteiger charge is 2.23. The molecule has 0 aromatic carbocycles. The van der Waals surface area contributed by atoms with E-state index in [-0.39, 0.29) is 25.5 Å². The van der Waals surface area contributed by atoms with Crippen molar-refractivity contribution in [1.29, 1.82) is 0 Å². The summed E-state index contributed by atoms with van der Waals surface area (Å²) in [6, 6.07) is -0.523. The normalized spacial score (nSPS) is 13.8. The highest BCUT2D eigenvalue weighted by atomic mass is 32.2. The maximum atomic E-state index is 11.9. The Kier molecular flexibility index (Phi) is 8.15. The Morgan fingerprint density at radius 1 is 1.42 bits per heavy atom. The van der Waals surface area contributed by atoms with Gasteiger partial charge in [-0.3, -0.25) is 4.79 Å². The Hall–Kier alpha value is -0.700. The lowest BCUT2D eigenvalue weighted by molar-refractivity contribution is -0.140. The van der Waals surface area contributed by atoms with Crippen molar-refractivity contribution in [2.24, 2.45) is 5.92 Å². The van der Waals surface area contributed by atoms with Crippen LogP contribution in [-0.4, -0.2) is 57.1 Å². The number of carbonyl (C=O) groups excluding carboxylic acids is 1. The summed E-state index contributed by atoms with van der Waals surface area (Å²) < 4.78 is 31.8. The number of rotatable bonds is 9. The van der Waals surface area contributed by atoms with Crippen LogP contribution in [0.15, 0.2) is 0 Å². The Labute approximate surface area is 115 Å². The van der Waals surface area contributed by atoms with E-state index in [0.29, 0.717) is 6.42 Å². The van der Waals surface area contributed by atoms with Crippen molar-refractivity contribution in [3.05, 3.63) is 0 Å². The quantitative estimate of drug-likeness (QED) is 0.571. The second-order valence-corrected chi connectivity index (χ2v) is 6.59. The first kappa shape index (κ1) is 18.3. The molecule has 0 amide bonds. The van der Waals surface area contributed by atoms with Crippen molar-refractivity contribution in [2.45, 2.75) is 32.7 Å². The summed E-state index contributed by atoms with van der Waals surface area (Å²) in [5.74, 6) is -0.205. The smallest absolute Gasteiger partial charge is 0.306 e. The molecule has 0 bridgehead atoms. The minimum atomic E-state index is -3.71. The van der Waals surface area contributed by atoms with Crippen molar-refractivity contribution < 1.29 is 23.1 Å². The lowest BCUT2D eigenvalue weighted by Crippen LogP contribution is -2.46. The number of carbonyl (C=O) groups is 1. The number of aliphatic hydroxyl groups excluding tert-OH is 1. The molecule has 0 aromatic rings. The first-order chi connectivity index (χ1) is 8.72. The predicted octanol–water partition coefficient (Wildman–Crippen LogP) is -0.277. The third-order valence-electron chi connectivity index (χ3n) is 2.56. The van der Waals surface area contributed by atoms with E-state index in [1.54, 1.807) is 0 Å². The van der Waals surface area contributed by atoms with E-state index in [9.17, 15) is 13.2 Å². The number of hydrogen-bond donors (Lipinski definition) is 2. The fourth-order valence-electron chi connectivity index (χ4n) is 1.50. The van der Waals surface area contributed by atoms with Crippen molar-refractivity contribution >= 4 is 16.2 Å². The molecule has 0 fully saturated rings. The van der Waals surface area contributed by atoms with E-state index >= 15 is 0 Å². The molecule has 0 rings (SSSR count). The molecule has 0 aliphatic rings. The van der Waals surface area contributed by atoms with E-state index in [0.717, 1.165) is 4.31 Å². The second-order valence-electron chi connectivity index (χ2n) is 4.78. The molecular weight excluding hydrogens is 272 g/mol. The maximum absolute atomic E-state index is 11.9. The van der Waals surface area contributed by atoms with Crippen molar-refractivity contribution in [3.63, 3.8) is 0 Å². The molecule has 0 aromatic heterocycles. The minimum Gasteiger partial charge on any atom is -0.469 e. The first-order valence-electron chi connectivity index (χ1n) is 6.14. The van der Waals surface area contributed by atoms with Gasteiger partial charge >= 0.3 is 5.97 Å². The van der Waals surface area contributed by atoms with Gasteiger partial charge in [0.25, 0.3) is 10.2 Å². The molecule has 0 spiro atoms. The Balaban J connectivity index is 4.46. The van der Waals surface area contributed by atoms with Gasteiger partial charge in [0.2, 0.25) is 0 Å².